The molecule has 1 saturated carbocycles. The maximum absolute atomic E-state index is 10.9. The summed E-state index contributed by atoms with van der Waals surface area (Å²) in [5.74, 6) is 0.789. The van der Waals surface area contributed by atoms with Crippen LogP contribution in [-0.4, -0.2) is 12.5 Å². The van der Waals surface area contributed by atoms with Crippen molar-refractivity contribution in [3.63, 3.8) is 0 Å². The minimum absolute atomic E-state index is 0.0286. The van der Waals surface area contributed by atoms with Gasteiger partial charge in [-0.1, -0.05) is 25.7 Å². The van der Waals surface area contributed by atoms with Gasteiger partial charge in [0.1, 0.15) is 0 Å². The Balaban J connectivity index is 1.80. The SMILES string of the molecule is CC(=O)Nc1ccc(NCC2CCCCCC2)cc1. The number of anilines is 2. The molecule has 1 aromatic carbocycles. The molecule has 0 atom stereocenters. The molecule has 0 bridgehead atoms. The Kier molecular flexibility index (Phi) is 5.25. The number of hydrogen-bond donors (Lipinski definition) is 2. The van der Waals surface area contributed by atoms with E-state index in [4.69, 9.17) is 0 Å². The van der Waals surface area contributed by atoms with Crippen molar-refractivity contribution in [2.75, 3.05) is 17.2 Å². The third-order valence-electron chi connectivity index (χ3n) is 3.77. The summed E-state index contributed by atoms with van der Waals surface area (Å²) in [5, 5.41) is 6.29. The Hall–Kier alpha value is -1.51. The van der Waals surface area contributed by atoms with Crippen LogP contribution in [0.4, 0.5) is 11.4 Å². The highest BCUT2D eigenvalue weighted by Crippen LogP contribution is 2.23. The number of nitrogens with one attached hydrogen (secondary N) is 2. The third-order valence-corrected chi connectivity index (χ3v) is 3.77. The lowest BCUT2D eigenvalue weighted by atomic mass is 10.0. The van der Waals surface area contributed by atoms with Crippen LogP contribution in [0.3, 0.4) is 0 Å². The van der Waals surface area contributed by atoms with Crippen molar-refractivity contribution in [1.82, 2.24) is 0 Å². The molecule has 0 unspecified atom stereocenters. The fraction of sp³-hybridized carbons (Fsp3) is 0.562. The van der Waals surface area contributed by atoms with Gasteiger partial charge in [0.05, 0.1) is 0 Å². The summed E-state index contributed by atoms with van der Waals surface area (Å²) in [6, 6.07) is 7.94. The number of rotatable bonds is 4. The highest BCUT2D eigenvalue weighted by molar-refractivity contribution is 5.88. The molecule has 1 aromatic rings. The van der Waals surface area contributed by atoms with Gasteiger partial charge in [-0.15, -0.1) is 0 Å². The van der Waals surface area contributed by atoms with Gasteiger partial charge in [0.15, 0.2) is 0 Å². The second kappa shape index (κ2) is 7.17. The first-order chi connectivity index (χ1) is 9.24. The van der Waals surface area contributed by atoms with Gasteiger partial charge in [-0.2, -0.15) is 0 Å². The summed E-state index contributed by atoms with van der Waals surface area (Å²) in [7, 11) is 0. The summed E-state index contributed by atoms with van der Waals surface area (Å²) in [4.78, 5) is 10.9. The number of carbonyl (C=O) groups is 1. The molecule has 0 saturated heterocycles. The molecule has 1 aliphatic rings. The van der Waals surface area contributed by atoms with Crippen LogP contribution in [0.25, 0.3) is 0 Å². The second-order valence-corrected chi connectivity index (χ2v) is 5.50. The number of carbonyl (C=O) groups excluding carboxylic acids is 1. The summed E-state index contributed by atoms with van der Waals surface area (Å²) < 4.78 is 0. The Morgan fingerprint density at radius 1 is 1.05 bits per heavy atom. The summed E-state index contributed by atoms with van der Waals surface area (Å²) in [6.45, 7) is 2.59. The van der Waals surface area contributed by atoms with Crippen LogP contribution in [0.15, 0.2) is 24.3 Å². The van der Waals surface area contributed by atoms with E-state index >= 15 is 0 Å². The maximum atomic E-state index is 10.9. The van der Waals surface area contributed by atoms with Gasteiger partial charge in [0.25, 0.3) is 0 Å². The van der Waals surface area contributed by atoms with Gasteiger partial charge in [0.2, 0.25) is 5.91 Å². The zero-order valence-electron chi connectivity index (χ0n) is 11.7. The molecule has 0 spiro atoms. The maximum Gasteiger partial charge on any atom is 0.221 e. The minimum atomic E-state index is -0.0286. The zero-order valence-corrected chi connectivity index (χ0v) is 11.7. The highest BCUT2D eigenvalue weighted by Gasteiger charge is 2.11. The molecule has 3 heteroatoms. The Morgan fingerprint density at radius 3 is 2.21 bits per heavy atom. The fourth-order valence-electron chi connectivity index (χ4n) is 2.70. The van der Waals surface area contributed by atoms with E-state index in [0.717, 1.165) is 23.8 Å². The molecule has 19 heavy (non-hydrogen) atoms. The van der Waals surface area contributed by atoms with Gasteiger partial charge >= 0.3 is 0 Å². The number of amides is 1. The van der Waals surface area contributed by atoms with E-state index in [0.29, 0.717) is 0 Å². The van der Waals surface area contributed by atoms with Crippen molar-refractivity contribution in [3.05, 3.63) is 24.3 Å². The van der Waals surface area contributed by atoms with Crippen LogP contribution < -0.4 is 10.6 Å². The van der Waals surface area contributed by atoms with Gasteiger partial charge < -0.3 is 10.6 Å². The van der Waals surface area contributed by atoms with Crippen LogP contribution >= 0.6 is 0 Å². The molecule has 0 radical (unpaired) electrons. The van der Waals surface area contributed by atoms with Crippen LogP contribution in [0.1, 0.15) is 45.4 Å². The zero-order chi connectivity index (χ0) is 13.5. The summed E-state index contributed by atoms with van der Waals surface area (Å²) >= 11 is 0. The first-order valence-corrected chi connectivity index (χ1v) is 7.35. The van der Waals surface area contributed by atoms with Crippen LogP contribution in [0.5, 0.6) is 0 Å². The molecule has 104 valence electrons. The van der Waals surface area contributed by atoms with E-state index in [1.807, 2.05) is 24.3 Å². The molecule has 3 nitrogen and oxygen atoms in total. The summed E-state index contributed by atoms with van der Waals surface area (Å²) in [5.41, 5.74) is 1.99. The average molecular weight is 260 g/mol. The molecule has 1 aliphatic carbocycles. The molecular weight excluding hydrogens is 236 g/mol. The molecule has 0 aromatic heterocycles. The predicted octanol–water partition coefficient (Wildman–Crippen LogP) is 4.03. The molecule has 0 heterocycles. The molecular formula is C16H24N2O. The topological polar surface area (TPSA) is 41.1 Å². The van der Waals surface area contributed by atoms with Crippen molar-refractivity contribution in [3.8, 4) is 0 Å². The van der Waals surface area contributed by atoms with E-state index in [9.17, 15) is 4.79 Å². The largest absolute Gasteiger partial charge is 0.385 e. The molecule has 1 amide bonds. The van der Waals surface area contributed by atoms with Crippen LogP contribution in [0.2, 0.25) is 0 Å². The monoisotopic (exact) mass is 260 g/mol. The minimum Gasteiger partial charge on any atom is -0.385 e. The van der Waals surface area contributed by atoms with Gasteiger partial charge in [-0.05, 0) is 43.0 Å². The quantitative estimate of drug-likeness (QED) is 0.803. The normalized spacial score (nSPS) is 16.7. The molecule has 0 aliphatic heterocycles. The molecule has 1 fully saturated rings. The second-order valence-electron chi connectivity index (χ2n) is 5.50. The molecule has 2 rings (SSSR count). The van der Waals surface area contributed by atoms with Crippen LogP contribution in [0, 0.1) is 5.92 Å². The predicted molar refractivity (Wildman–Crippen MR) is 80.4 cm³/mol. The lowest BCUT2D eigenvalue weighted by Crippen LogP contribution is -2.13. The van der Waals surface area contributed by atoms with Gasteiger partial charge in [0, 0.05) is 24.8 Å². The van der Waals surface area contributed by atoms with E-state index in [1.165, 1.54) is 45.4 Å². The van der Waals surface area contributed by atoms with E-state index in [2.05, 4.69) is 10.6 Å². The summed E-state index contributed by atoms with van der Waals surface area (Å²) in [6.07, 6.45) is 8.29. The van der Waals surface area contributed by atoms with Crippen LogP contribution in [-0.2, 0) is 4.79 Å². The fourth-order valence-corrected chi connectivity index (χ4v) is 2.70. The third kappa shape index (κ3) is 4.93. The van der Waals surface area contributed by atoms with Gasteiger partial charge in [-0.25, -0.2) is 0 Å². The smallest absolute Gasteiger partial charge is 0.221 e. The van der Waals surface area contributed by atoms with E-state index < -0.39 is 0 Å². The van der Waals surface area contributed by atoms with Crippen molar-refractivity contribution >= 4 is 17.3 Å². The number of benzene rings is 1. The standard InChI is InChI=1S/C16H24N2O/c1-13(19)18-16-10-8-15(9-11-16)17-12-14-6-4-2-3-5-7-14/h8-11,14,17H,2-7,12H2,1H3,(H,18,19). The Morgan fingerprint density at radius 2 is 1.63 bits per heavy atom. The average Bonchev–Trinajstić information content (AvgIpc) is 2.66. The Labute approximate surface area is 115 Å². The lowest BCUT2D eigenvalue weighted by molar-refractivity contribution is -0.114. The van der Waals surface area contributed by atoms with E-state index in [-0.39, 0.29) is 5.91 Å². The number of hydrogen-bond acceptors (Lipinski definition) is 2. The first-order valence-electron chi connectivity index (χ1n) is 7.35. The highest BCUT2D eigenvalue weighted by atomic mass is 16.1. The van der Waals surface area contributed by atoms with Crippen molar-refractivity contribution in [2.24, 2.45) is 5.92 Å². The van der Waals surface area contributed by atoms with Crippen molar-refractivity contribution in [2.45, 2.75) is 45.4 Å². The van der Waals surface area contributed by atoms with Gasteiger partial charge in [-0.3, -0.25) is 4.79 Å². The van der Waals surface area contributed by atoms with E-state index in [1.54, 1.807) is 0 Å². The van der Waals surface area contributed by atoms with Crippen molar-refractivity contribution < 1.29 is 4.79 Å². The first kappa shape index (κ1) is 13.9. The Bertz CT molecular complexity index is 392. The molecule has 2 N–H and O–H groups in total. The lowest BCUT2D eigenvalue weighted by Gasteiger charge is -2.16. The van der Waals surface area contributed by atoms with Crippen molar-refractivity contribution in [1.29, 1.82) is 0 Å².